The standard InChI is InChI=1S/C6H9N3/c7-5-1-4(5)6-2-8-3-9-6/h2-5H,1,7H2,(H,8,9)/t4?,5-/m0/s1. The van der Waals surface area contributed by atoms with E-state index in [1.807, 2.05) is 6.20 Å². The van der Waals surface area contributed by atoms with Gasteiger partial charge in [0.05, 0.1) is 6.33 Å². The van der Waals surface area contributed by atoms with Gasteiger partial charge < -0.3 is 10.7 Å². The van der Waals surface area contributed by atoms with E-state index in [4.69, 9.17) is 5.73 Å². The number of nitrogens with one attached hydrogen (secondary N) is 1. The maximum Gasteiger partial charge on any atom is 0.0921 e. The first-order chi connectivity index (χ1) is 4.38. The molecule has 3 heteroatoms. The first-order valence-electron chi connectivity index (χ1n) is 3.12. The van der Waals surface area contributed by atoms with Gasteiger partial charge in [0.1, 0.15) is 0 Å². The van der Waals surface area contributed by atoms with Crippen molar-refractivity contribution in [3.63, 3.8) is 0 Å². The lowest BCUT2D eigenvalue weighted by Gasteiger charge is -1.86. The van der Waals surface area contributed by atoms with E-state index < -0.39 is 0 Å². The zero-order valence-electron chi connectivity index (χ0n) is 5.04. The molecule has 0 bridgehead atoms. The molecule has 0 radical (unpaired) electrons. The second-order valence-corrected chi connectivity index (χ2v) is 2.51. The van der Waals surface area contributed by atoms with Crippen molar-refractivity contribution in [2.45, 2.75) is 18.4 Å². The summed E-state index contributed by atoms with van der Waals surface area (Å²) in [5.74, 6) is 0.562. The molecular formula is C6H9N3. The third-order valence-electron chi connectivity index (χ3n) is 1.76. The lowest BCUT2D eigenvalue weighted by atomic mass is 10.3. The average Bonchev–Trinajstić information content (AvgIpc) is 2.44. The SMILES string of the molecule is N[C@H]1CC1c1cnc[nH]1. The second kappa shape index (κ2) is 1.57. The fraction of sp³-hybridized carbons (Fsp3) is 0.500. The summed E-state index contributed by atoms with van der Waals surface area (Å²) < 4.78 is 0. The van der Waals surface area contributed by atoms with Crippen LogP contribution in [0.4, 0.5) is 0 Å². The van der Waals surface area contributed by atoms with Crippen molar-refractivity contribution in [1.82, 2.24) is 9.97 Å². The highest BCUT2D eigenvalue weighted by atomic mass is 14.9. The van der Waals surface area contributed by atoms with Crippen LogP contribution in [0.3, 0.4) is 0 Å². The summed E-state index contributed by atoms with van der Waals surface area (Å²) in [5.41, 5.74) is 6.79. The van der Waals surface area contributed by atoms with Gasteiger partial charge in [-0.1, -0.05) is 0 Å². The molecule has 1 aliphatic rings. The van der Waals surface area contributed by atoms with Gasteiger partial charge in [-0.15, -0.1) is 0 Å². The van der Waals surface area contributed by atoms with Crippen LogP contribution in [0.1, 0.15) is 18.0 Å². The average molecular weight is 123 g/mol. The lowest BCUT2D eigenvalue weighted by Crippen LogP contribution is -2.00. The van der Waals surface area contributed by atoms with Crippen LogP contribution in [0, 0.1) is 0 Å². The Labute approximate surface area is 53.3 Å². The Balaban J connectivity index is 2.18. The molecular weight excluding hydrogens is 114 g/mol. The summed E-state index contributed by atoms with van der Waals surface area (Å²) in [6.45, 7) is 0. The van der Waals surface area contributed by atoms with E-state index in [0.717, 1.165) is 6.42 Å². The van der Waals surface area contributed by atoms with Crippen LogP contribution in [0.25, 0.3) is 0 Å². The Morgan fingerprint density at radius 3 is 3.00 bits per heavy atom. The van der Waals surface area contributed by atoms with Crippen LogP contribution in [0.15, 0.2) is 12.5 Å². The third-order valence-corrected chi connectivity index (χ3v) is 1.76. The normalized spacial score (nSPS) is 32.6. The summed E-state index contributed by atoms with van der Waals surface area (Å²) in [6.07, 6.45) is 4.65. The molecule has 9 heavy (non-hydrogen) atoms. The van der Waals surface area contributed by atoms with Crippen molar-refractivity contribution in [2.24, 2.45) is 5.73 Å². The minimum atomic E-state index is 0.380. The Bertz CT molecular complexity index is 192. The van der Waals surface area contributed by atoms with Crippen LogP contribution < -0.4 is 5.73 Å². The Hall–Kier alpha value is -0.830. The highest BCUT2D eigenvalue weighted by molar-refractivity contribution is 5.16. The van der Waals surface area contributed by atoms with E-state index in [0.29, 0.717) is 12.0 Å². The number of aromatic amines is 1. The second-order valence-electron chi connectivity index (χ2n) is 2.51. The van der Waals surface area contributed by atoms with Gasteiger partial charge in [0.2, 0.25) is 0 Å². The van der Waals surface area contributed by atoms with Crippen molar-refractivity contribution in [2.75, 3.05) is 0 Å². The number of nitrogens with zero attached hydrogens (tertiary/aromatic N) is 1. The van der Waals surface area contributed by atoms with Crippen molar-refractivity contribution in [3.05, 3.63) is 18.2 Å². The van der Waals surface area contributed by atoms with Crippen LogP contribution in [-0.2, 0) is 0 Å². The first kappa shape index (κ1) is 4.99. The molecule has 0 aromatic carbocycles. The molecule has 0 aliphatic heterocycles. The highest BCUT2D eigenvalue weighted by Crippen LogP contribution is 2.37. The van der Waals surface area contributed by atoms with E-state index in [-0.39, 0.29) is 0 Å². The highest BCUT2D eigenvalue weighted by Gasteiger charge is 2.35. The fourth-order valence-electron chi connectivity index (χ4n) is 1.04. The molecule has 3 N–H and O–H groups in total. The molecule has 0 amide bonds. The molecule has 48 valence electrons. The smallest absolute Gasteiger partial charge is 0.0921 e. The molecule has 0 saturated heterocycles. The van der Waals surface area contributed by atoms with E-state index in [2.05, 4.69) is 9.97 Å². The van der Waals surface area contributed by atoms with Crippen molar-refractivity contribution < 1.29 is 0 Å². The molecule has 2 atom stereocenters. The summed E-state index contributed by atoms with van der Waals surface area (Å²) in [6, 6.07) is 0.380. The number of hydrogen-bond donors (Lipinski definition) is 2. The number of nitrogens with two attached hydrogens (primary N) is 1. The molecule has 1 aromatic rings. The number of rotatable bonds is 1. The molecule has 1 aliphatic carbocycles. The quantitative estimate of drug-likeness (QED) is 0.561. The molecule has 1 saturated carbocycles. The van der Waals surface area contributed by atoms with Gasteiger partial charge in [-0.05, 0) is 6.42 Å². The number of imidazole rings is 1. The fourth-order valence-corrected chi connectivity index (χ4v) is 1.04. The summed E-state index contributed by atoms with van der Waals surface area (Å²) in [7, 11) is 0. The molecule has 1 fully saturated rings. The summed E-state index contributed by atoms with van der Waals surface area (Å²) in [4.78, 5) is 6.95. The van der Waals surface area contributed by atoms with Gasteiger partial charge in [-0.3, -0.25) is 0 Å². The monoisotopic (exact) mass is 123 g/mol. The van der Waals surface area contributed by atoms with E-state index >= 15 is 0 Å². The van der Waals surface area contributed by atoms with Gasteiger partial charge in [0.25, 0.3) is 0 Å². The topological polar surface area (TPSA) is 54.7 Å². The number of aromatic nitrogens is 2. The zero-order chi connectivity index (χ0) is 6.27. The maximum absolute atomic E-state index is 5.61. The Morgan fingerprint density at radius 1 is 1.78 bits per heavy atom. The molecule has 0 spiro atoms. The maximum atomic E-state index is 5.61. The minimum absolute atomic E-state index is 0.380. The lowest BCUT2D eigenvalue weighted by molar-refractivity contribution is 0.958. The largest absolute Gasteiger partial charge is 0.348 e. The van der Waals surface area contributed by atoms with Gasteiger partial charge in [0.15, 0.2) is 0 Å². The van der Waals surface area contributed by atoms with Gasteiger partial charge in [0, 0.05) is 23.9 Å². The van der Waals surface area contributed by atoms with Crippen LogP contribution in [-0.4, -0.2) is 16.0 Å². The molecule has 2 rings (SSSR count). The van der Waals surface area contributed by atoms with Crippen LogP contribution in [0.5, 0.6) is 0 Å². The molecule has 3 nitrogen and oxygen atoms in total. The zero-order valence-corrected chi connectivity index (χ0v) is 5.04. The van der Waals surface area contributed by atoms with Crippen LogP contribution >= 0.6 is 0 Å². The van der Waals surface area contributed by atoms with Crippen molar-refractivity contribution >= 4 is 0 Å². The van der Waals surface area contributed by atoms with Gasteiger partial charge in [-0.2, -0.15) is 0 Å². The first-order valence-corrected chi connectivity index (χ1v) is 3.12. The summed E-state index contributed by atoms with van der Waals surface area (Å²) in [5, 5.41) is 0. The third kappa shape index (κ3) is 0.733. The molecule has 1 aromatic heterocycles. The number of hydrogen-bond acceptors (Lipinski definition) is 2. The van der Waals surface area contributed by atoms with Crippen molar-refractivity contribution in [1.29, 1.82) is 0 Å². The van der Waals surface area contributed by atoms with E-state index in [1.54, 1.807) is 6.33 Å². The molecule has 1 unspecified atom stereocenters. The Kier molecular flexibility index (Phi) is 0.873. The number of H-pyrrole nitrogens is 1. The molecule has 1 heterocycles. The van der Waals surface area contributed by atoms with Gasteiger partial charge >= 0.3 is 0 Å². The predicted octanol–water partition coefficient (Wildman–Crippen LogP) is 0.224. The predicted molar refractivity (Wildman–Crippen MR) is 33.9 cm³/mol. The van der Waals surface area contributed by atoms with E-state index in [1.165, 1.54) is 5.69 Å². The van der Waals surface area contributed by atoms with E-state index in [9.17, 15) is 0 Å². The summed E-state index contributed by atoms with van der Waals surface area (Å²) >= 11 is 0. The van der Waals surface area contributed by atoms with Gasteiger partial charge in [-0.25, -0.2) is 4.98 Å². The van der Waals surface area contributed by atoms with Crippen LogP contribution in [0.2, 0.25) is 0 Å². The minimum Gasteiger partial charge on any atom is -0.348 e. The van der Waals surface area contributed by atoms with Crippen molar-refractivity contribution in [3.8, 4) is 0 Å². The Morgan fingerprint density at radius 2 is 2.56 bits per heavy atom.